The first-order chi connectivity index (χ1) is 15.6. The van der Waals surface area contributed by atoms with Crippen molar-refractivity contribution < 1.29 is 19.1 Å². The minimum Gasteiger partial charge on any atom is -0.466 e. The van der Waals surface area contributed by atoms with Gasteiger partial charge in [0.2, 0.25) is 0 Å². The third-order valence-corrected chi connectivity index (χ3v) is 6.09. The van der Waals surface area contributed by atoms with E-state index in [1.807, 2.05) is 6.92 Å². The van der Waals surface area contributed by atoms with Crippen LogP contribution < -0.4 is 0 Å². The predicted octanol–water partition coefficient (Wildman–Crippen LogP) is 8.69. The fourth-order valence-electron chi connectivity index (χ4n) is 3.96. The molecule has 0 radical (unpaired) electrons. The Kier molecular flexibility index (Phi) is 23.8. The second kappa shape index (κ2) is 24.6. The van der Waals surface area contributed by atoms with E-state index in [2.05, 4.69) is 13.8 Å². The first-order valence-corrected chi connectivity index (χ1v) is 13.9. The second-order valence-electron chi connectivity index (χ2n) is 9.47. The first kappa shape index (κ1) is 30.9. The van der Waals surface area contributed by atoms with Crippen LogP contribution in [0.1, 0.15) is 156 Å². The van der Waals surface area contributed by atoms with Crippen LogP contribution in [0.15, 0.2) is 0 Å². The molecule has 0 saturated heterocycles. The quantitative estimate of drug-likeness (QED) is 0.108. The van der Waals surface area contributed by atoms with Gasteiger partial charge in [0.1, 0.15) is 0 Å². The van der Waals surface area contributed by atoms with Crippen LogP contribution in [0.2, 0.25) is 0 Å². The number of hydrogen-bond acceptors (Lipinski definition) is 4. The van der Waals surface area contributed by atoms with Crippen molar-refractivity contribution in [3.8, 4) is 0 Å². The molecule has 32 heavy (non-hydrogen) atoms. The topological polar surface area (TPSA) is 52.6 Å². The first-order valence-electron chi connectivity index (χ1n) is 13.9. The van der Waals surface area contributed by atoms with Gasteiger partial charge in [0.05, 0.1) is 25.6 Å². The lowest BCUT2D eigenvalue weighted by molar-refractivity contribution is -0.153. The van der Waals surface area contributed by atoms with E-state index < -0.39 is 0 Å². The van der Waals surface area contributed by atoms with Crippen LogP contribution in [-0.2, 0) is 19.1 Å². The molecule has 4 heteroatoms. The highest BCUT2D eigenvalue weighted by atomic mass is 16.5. The number of unbranched alkanes of at least 4 members (excludes halogenated alkanes) is 16. The Morgan fingerprint density at radius 1 is 0.562 bits per heavy atom. The Balaban J connectivity index is 3.33. The molecule has 190 valence electrons. The van der Waals surface area contributed by atoms with Crippen LogP contribution in [-0.4, -0.2) is 24.6 Å². The Labute approximate surface area is 199 Å². The van der Waals surface area contributed by atoms with Gasteiger partial charge in [-0.15, -0.1) is 0 Å². The number of esters is 2. The molecule has 0 rings (SSSR count). The van der Waals surface area contributed by atoms with Gasteiger partial charge < -0.3 is 9.47 Å². The van der Waals surface area contributed by atoms with E-state index in [4.69, 9.17) is 9.47 Å². The highest BCUT2D eigenvalue weighted by Gasteiger charge is 2.12. The summed E-state index contributed by atoms with van der Waals surface area (Å²) in [7, 11) is 0. The number of ether oxygens (including phenoxy) is 2. The molecule has 0 aromatic carbocycles. The van der Waals surface area contributed by atoms with Gasteiger partial charge in [-0.25, -0.2) is 0 Å². The maximum Gasteiger partial charge on any atom is 0.306 e. The van der Waals surface area contributed by atoms with Gasteiger partial charge in [0.15, 0.2) is 0 Å². The van der Waals surface area contributed by atoms with E-state index in [1.54, 1.807) is 0 Å². The standard InChI is InChI=1S/C28H54O4/c1-4-6-8-9-10-11-12-13-14-15-16-17-18-19-21-25-31-27(29)23-24-28(30)32-26(3)22-20-7-5-2/h26H,4-25H2,1-3H3. The molecule has 0 fully saturated rings. The van der Waals surface area contributed by atoms with Gasteiger partial charge in [-0.3, -0.25) is 9.59 Å². The van der Waals surface area contributed by atoms with Crippen molar-refractivity contribution in [2.75, 3.05) is 6.61 Å². The average Bonchev–Trinajstić information content (AvgIpc) is 2.77. The maximum atomic E-state index is 11.8. The summed E-state index contributed by atoms with van der Waals surface area (Å²) in [6.07, 6.45) is 24.3. The van der Waals surface area contributed by atoms with E-state index in [9.17, 15) is 9.59 Å². The van der Waals surface area contributed by atoms with Crippen molar-refractivity contribution >= 4 is 11.9 Å². The summed E-state index contributed by atoms with van der Waals surface area (Å²) in [6, 6.07) is 0. The minimum atomic E-state index is -0.294. The van der Waals surface area contributed by atoms with Crippen LogP contribution in [0.5, 0.6) is 0 Å². The van der Waals surface area contributed by atoms with Crippen molar-refractivity contribution in [1.29, 1.82) is 0 Å². The third kappa shape index (κ3) is 23.6. The van der Waals surface area contributed by atoms with E-state index >= 15 is 0 Å². The summed E-state index contributed by atoms with van der Waals surface area (Å²) in [5, 5.41) is 0. The van der Waals surface area contributed by atoms with Crippen molar-refractivity contribution in [2.45, 2.75) is 162 Å². The Morgan fingerprint density at radius 3 is 1.47 bits per heavy atom. The molecule has 0 spiro atoms. The predicted molar refractivity (Wildman–Crippen MR) is 135 cm³/mol. The number of carbonyl (C=O) groups excluding carboxylic acids is 2. The molecule has 0 aliphatic carbocycles. The highest BCUT2D eigenvalue weighted by molar-refractivity contribution is 5.77. The summed E-state index contributed by atoms with van der Waals surface area (Å²) in [6.45, 7) is 6.82. The Morgan fingerprint density at radius 2 is 0.969 bits per heavy atom. The summed E-state index contributed by atoms with van der Waals surface area (Å²) < 4.78 is 10.6. The molecule has 1 atom stereocenters. The van der Waals surface area contributed by atoms with E-state index in [1.165, 1.54) is 83.5 Å². The monoisotopic (exact) mass is 454 g/mol. The van der Waals surface area contributed by atoms with Crippen molar-refractivity contribution in [3.05, 3.63) is 0 Å². The van der Waals surface area contributed by atoms with Crippen molar-refractivity contribution in [2.24, 2.45) is 0 Å². The fourth-order valence-corrected chi connectivity index (χ4v) is 3.96. The van der Waals surface area contributed by atoms with E-state index in [0.29, 0.717) is 6.61 Å². The zero-order chi connectivity index (χ0) is 23.7. The van der Waals surface area contributed by atoms with Gasteiger partial charge in [-0.05, 0) is 26.2 Å². The van der Waals surface area contributed by atoms with E-state index in [0.717, 1.165) is 38.5 Å². The van der Waals surface area contributed by atoms with Crippen LogP contribution >= 0.6 is 0 Å². The third-order valence-electron chi connectivity index (χ3n) is 6.09. The molecular weight excluding hydrogens is 400 g/mol. The van der Waals surface area contributed by atoms with Crippen LogP contribution in [0, 0.1) is 0 Å². The summed E-state index contributed by atoms with van der Waals surface area (Å²) >= 11 is 0. The molecule has 0 saturated carbocycles. The van der Waals surface area contributed by atoms with Crippen LogP contribution in [0.25, 0.3) is 0 Å². The van der Waals surface area contributed by atoms with Gasteiger partial charge in [-0.1, -0.05) is 117 Å². The van der Waals surface area contributed by atoms with Crippen LogP contribution in [0.4, 0.5) is 0 Å². The maximum absolute atomic E-state index is 11.8. The molecule has 0 aliphatic rings. The molecular formula is C28H54O4. The molecule has 1 unspecified atom stereocenters. The smallest absolute Gasteiger partial charge is 0.306 e. The molecule has 0 aromatic heterocycles. The summed E-state index contributed by atoms with van der Waals surface area (Å²) in [5.74, 6) is -0.580. The normalized spacial score (nSPS) is 12.0. The van der Waals surface area contributed by atoms with Crippen molar-refractivity contribution in [3.63, 3.8) is 0 Å². The largest absolute Gasteiger partial charge is 0.466 e. The van der Waals surface area contributed by atoms with Gasteiger partial charge in [0.25, 0.3) is 0 Å². The van der Waals surface area contributed by atoms with E-state index in [-0.39, 0.29) is 30.9 Å². The lowest BCUT2D eigenvalue weighted by Crippen LogP contribution is -2.16. The molecule has 0 aromatic rings. The molecule has 0 bridgehead atoms. The second-order valence-corrected chi connectivity index (χ2v) is 9.47. The van der Waals surface area contributed by atoms with Gasteiger partial charge in [-0.2, -0.15) is 0 Å². The summed E-state index contributed by atoms with van der Waals surface area (Å²) in [4.78, 5) is 23.5. The van der Waals surface area contributed by atoms with Gasteiger partial charge in [0, 0.05) is 0 Å². The number of carbonyl (C=O) groups is 2. The number of rotatable bonds is 24. The zero-order valence-electron chi connectivity index (χ0n) is 21.8. The highest BCUT2D eigenvalue weighted by Crippen LogP contribution is 2.13. The van der Waals surface area contributed by atoms with Gasteiger partial charge >= 0.3 is 11.9 Å². The lowest BCUT2D eigenvalue weighted by atomic mass is 10.0. The molecule has 0 amide bonds. The molecule has 0 heterocycles. The molecule has 4 nitrogen and oxygen atoms in total. The minimum absolute atomic E-state index is 0.0645. The fraction of sp³-hybridized carbons (Fsp3) is 0.929. The Bertz CT molecular complexity index is 422. The van der Waals surface area contributed by atoms with Crippen LogP contribution in [0.3, 0.4) is 0 Å². The molecule has 0 N–H and O–H groups in total. The Hall–Kier alpha value is -1.06. The number of hydrogen-bond donors (Lipinski definition) is 0. The summed E-state index contributed by atoms with van der Waals surface area (Å²) in [5.41, 5.74) is 0. The molecule has 0 aliphatic heterocycles. The average molecular weight is 455 g/mol. The lowest BCUT2D eigenvalue weighted by Gasteiger charge is -2.12. The SMILES string of the molecule is CCCCCCCCCCCCCCCCCOC(=O)CCC(=O)OC(C)CCCCC. The van der Waals surface area contributed by atoms with Crippen molar-refractivity contribution in [1.82, 2.24) is 0 Å². The zero-order valence-corrected chi connectivity index (χ0v) is 21.8.